The van der Waals surface area contributed by atoms with Crippen LogP contribution in [0.5, 0.6) is 0 Å². The van der Waals surface area contributed by atoms with E-state index in [-0.39, 0.29) is 17.7 Å². The maximum Gasteiger partial charge on any atom is 0.251 e. The van der Waals surface area contributed by atoms with Crippen molar-refractivity contribution in [3.8, 4) is 0 Å². The highest BCUT2D eigenvalue weighted by Crippen LogP contribution is 2.28. The van der Waals surface area contributed by atoms with Gasteiger partial charge in [-0.25, -0.2) is 5.48 Å². The summed E-state index contributed by atoms with van der Waals surface area (Å²) in [7, 11) is 0. The zero-order valence-electron chi connectivity index (χ0n) is 17.6. The molecular formula is C26H28N2O3. The minimum absolute atomic E-state index is 0.0248. The number of benzene rings is 3. The van der Waals surface area contributed by atoms with Crippen LogP contribution in [0.4, 0.5) is 0 Å². The van der Waals surface area contributed by atoms with Crippen molar-refractivity contribution in [2.75, 3.05) is 6.54 Å². The van der Waals surface area contributed by atoms with Crippen molar-refractivity contribution in [2.45, 2.75) is 32.3 Å². The van der Waals surface area contributed by atoms with Crippen LogP contribution in [0.1, 0.15) is 41.6 Å². The molecule has 0 radical (unpaired) electrons. The summed E-state index contributed by atoms with van der Waals surface area (Å²) < 4.78 is 0. The zero-order chi connectivity index (χ0) is 21.5. The van der Waals surface area contributed by atoms with Gasteiger partial charge in [0.1, 0.15) is 0 Å². The molecule has 3 aromatic carbocycles. The molecule has 0 aromatic heterocycles. The van der Waals surface area contributed by atoms with E-state index in [0.29, 0.717) is 24.6 Å². The zero-order valence-corrected chi connectivity index (χ0v) is 17.6. The first-order valence-electron chi connectivity index (χ1n) is 10.9. The Morgan fingerprint density at radius 2 is 1.55 bits per heavy atom. The quantitative estimate of drug-likeness (QED) is 0.552. The number of carbonyl (C=O) groups is 2. The summed E-state index contributed by atoms with van der Waals surface area (Å²) in [6.45, 7) is 1.01. The van der Waals surface area contributed by atoms with Gasteiger partial charge in [-0.15, -0.1) is 0 Å². The Bertz CT molecular complexity index is 1030. The van der Waals surface area contributed by atoms with E-state index in [2.05, 4.69) is 10.8 Å². The van der Waals surface area contributed by atoms with Crippen LogP contribution in [0, 0.1) is 11.8 Å². The van der Waals surface area contributed by atoms with E-state index in [1.165, 1.54) is 0 Å². The van der Waals surface area contributed by atoms with E-state index in [1.54, 1.807) is 0 Å². The molecule has 1 aliphatic carbocycles. The summed E-state index contributed by atoms with van der Waals surface area (Å²) in [6.07, 6.45) is 3.48. The second-order valence-corrected chi connectivity index (χ2v) is 8.23. The van der Waals surface area contributed by atoms with Gasteiger partial charge in [0.05, 0.1) is 6.61 Å². The second-order valence-electron chi connectivity index (χ2n) is 8.23. The lowest BCUT2D eigenvalue weighted by Gasteiger charge is -2.27. The highest BCUT2D eigenvalue weighted by molar-refractivity contribution is 5.98. The van der Waals surface area contributed by atoms with Gasteiger partial charge < -0.3 is 5.32 Å². The van der Waals surface area contributed by atoms with Gasteiger partial charge >= 0.3 is 0 Å². The molecule has 0 spiro atoms. The topological polar surface area (TPSA) is 67.4 Å². The van der Waals surface area contributed by atoms with Crippen LogP contribution in [0.3, 0.4) is 0 Å². The van der Waals surface area contributed by atoms with E-state index in [0.717, 1.165) is 42.0 Å². The van der Waals surface area contributed by atoms with E-state index in [4.69, 9.17) is 4.84 Å². The smallest absolute Gasteiger partial charge is 0.251 e. The van der Waals surface area contributed by atoms with Crippen molar-refractivity contribution in [3.63, 3.8) is 0 Å². The minimum atomic E-state index is -0.0467. The Hall–Kier alpha value is -3.18. The lowest BCUT2D eigenvalue weighted by atomic mass is 9.81. The van der Waals surface area contributed by atoms with Crippen molar-refractivity contribution in [3.05, 3.63) is 83.9 Å². The third kappa shape index (κ3) is 5.70. The van der Waals surface area contributed by atoms with E-state index < -0.39 is 0 Å². The molecule has 0 atom stereocenters. The van der Waals surface area contributed by atoms with Gasteiger partial charge in [-0.05, 0) is 60.1 Å². The summed E-state index contributed by atoms with van der Waals surface area (Å²) in [6, 6.07) is 23.6. The van der Waals surface area contributed by atoms with Gasteiger partial charge in [-0.1, -0.05) is 60.7 Å². The molecule has 4 rings (SSSR count). The van der Waals surface area contributed by atoms with Crippen LogP contribution < -0.4 is 10.8 Å². The Labute approximate surface area is 182 Å². The Kier molecular flexibility index (Phi) is 6.95. The van der Waals surface area contributed by atoms with Crippen molar-refractivity contribution in [1.29, 1.82) is 0 Å². The van der Waals surface area contributed by atoms with E-state index >= 15 is 0 Å². The van der Waals surface area contributed by atoms with Crippen LogP contribution >= 0.6 is 0 Å². The Balaban J connectivity index is 1.18. The Morgan fingerprint density at radius 1 is 0.839 bits per heavy atom. The summed E-state index contributed by atoms with van der Waals surface area (Å²) in [5.41, 5.74) is 4.30. The fraction of sp³-hybridized carbons (Fsp3) is 0.308. The highest BCUT2D eigenvalue weighted by atomic mass is 16.6. The monoisotopic (exact) mass is 416 g/mol. The fourth-order valence-corrected chi connectivity index (χ4v) is 4.15. The molecule has 2 amide bonds. The molecule has 2 N–H and O–H groups in total. The first kappa shape index (κ1) is 21.1. The number of hydrogen-bond donors (Lipinski definition) is 2. The van der Waals surface area contributed by atoms with Gasteiger partial charge in [0.25, 0.3) is 5.91 Å². The largest absolute Gasteiger partial charge is 0.352 e. The standard InChI is InChI=1S/C26H28N2O3/c29-25(24-15-14-21-8-4-5-9-23(21)16-24)27-17-19-10-12-22(13-11-19)26(30)28-31-18-20-6-2-1-3-7-20/h1-9,14-16,19,22H,10-13,17-18H2,(H,27,29)(H,28,30). The molecule has 0 unspecified atom stereocenters. The number of amides is 2. The number of hydroxylamine groups is 1. The molecule has 0 bridgehead atoms. The predicted octanol–water partition coefficient (Wildman–Crippen LogP) is 4.62. The van der Waals surface area contributed by atoms with Gasteiger partial charge in [0.15, 0.2) is 0 Å². The molecule has 1 saturated carbocycles. The average Bonchev–Trinajstić information content (AvgIpc) is 2.83. The van der Waals surface area contributed by atoms with Gasteiger partial charge in [0, 0.05) is 18.0 Å². The molecule has 0 aliphatic heterocycles. The third-order valence-electron chi connectivity index (χ3n) is 6.03. The molecular weight excluding hydrogens is 388 g/mol. The molecule has 0 saturated heterocycles. The van der Waals surface area contributed by atoms with E-state index in [9.17, 15) is 9.59 Å². The van der Waals surface area contributed by atoms with Gasteiger partial charge in [-0.3, -0.25) is 14.4 Å². The lowest BCUT2D eigenvalue weighted by Crippen LogP contribution is -2.36. The summed E-state index contributed by atoms with van der Waals surface area (Å²) >= 11 is 0. The van der Waals surface area contributed by atoms with Crippen molar-refractivity contribution in [2.24, 2.45) is 11.8 Å². The summed E-state index contributed by atoms with van der Waals surface area (Å²) in [5.74, 6) is 0.288. The van der Waals surface area contributed by atoms with Crippen molar-refractivity contribution in [1.82, 2.24) is 10.8 Å². The lowest BCUT2D eigenvalue weighted by molar-refractivity contribution is -0.140. The SMILES string of the molecule is O=C(NCC1CCC(C(=O)NOCc2ccccc2)CC1)c1ccc2ccccc2c1. The molecule has 160 valence electrons. The summed E-state index contributed by atoms with van der Waals surface area (Å²) in [4.78, 5) is 30.3. The third-order valence-corrected chi connectivity index (χ3v) is 6.03. The van der Waals surface area contributed by atoms with Crippen molar-refractivity contribution >= 4 is 22.6 Å². The molecule has 5 heteroatoms. The van der Waals surface area contributed by atoms with Crippen LogP contribution in [0.15, 0.2) is 72.8 Å². The predicted molar refractivity (Wildman–Crippen MR) is 121 cm³/mol. The molecule has 5 nitrogen and oxygen atoms in total. The number of hydrogen-bond acceptors (Lipinski definition) is 3. The first-order chi connectivity index (χ1) is 15.2. The fourth-order valence-electron chi connectivity index (χ4n) is 4.15. The molecule has 3 aromatic rings. The first-order valence-corrected chi connectivity index (χ1v) is 10.9. The van der Waals surface area contributed by atoms with E-state index in [1.807, 2.05) is 72.8 Å². The van der Waals surface area contributed by atoms with Crippen LogP contribution in [-0.2, 0) is 16.2 Å². The van der Waals surface area contributed by atoms with Crippen LogP contribution in [0.25, 0.3) is 10.8 Å². The number of rotatable bonds is 7. The molecule has 31 heavy (non-hydrogen) atoms. The van der Waals surface area contributed by atoms with Crippen LogP contribution in [-0.4, -0.2) is 18.4 Å². The maximum absolute atomic E-state index is 12.5. The summed E-state index contributed by atoms with van der Waals surface area (Å²) in [5, 5.41) is 5.26. The number of nitrogens with one attached hydrogen (secondary N) is 2. The minimum Gasteiger partial charge on any atom is -0.352 e. The number of carbonyl (C=O) groups excluding carboxylic acids is 2. The van der Waals surface area contributed by atoms with Crippen LogP contribution in [0.2, 0.25) is 0 Å². The Morgan fingerprint density at radius 3 is 2.32 bits per heavy atom. The van der Waals surface area contributed by atoms with Gasteiger partial charge in [-0.2, -0.15) is 0 Å². The normalized spacial score (nSPS) is 18.5. The maximum atomic E-state index is 12.5. The molecule has 1 aliphatic rings. The van der Waals surface area contributed by atoms with Gasteiger partial charge in [0.2, 0.25) is 5.91 Å². The van der Waals surface area contributed by atoms with Crippen molar-refractivity contribution < 1.29 is 14.4 Å². The second kappa shape index (κ2) is 10.2. The molecule has 0 heterocycles. The molecule has 1 fully saturated rings. The number of fused-ring (bicyclic) bond motifs is 1. The highest BCUT2D eigenvalue weighted by Gasteiger charge is 2.26. The average molecular weight is 417 g/mol.